The molecule has 3 N–H and O–H groups in total. The van der Waals surface area contributed by atoms with Gasteiger partial charge in [-0.25, -0.2) is 10.4 Å². The van der Waals surface area contributed by atoms with Crippen molar-refractivity contribution in [2.24, 2.45) is 4.99 Å². The third-order valence-electron chi connectivity index (χ3n) is 6.86. The third kappa shape index (κ3) is 6.94. The molecule has 3 aromatic carbocycles. The van der Waals surface area contributed by atoms with E-state index in [4.69, 9.17) is 5.41 Å². The van der Waals surface area contributed by atoms with Crippen LogP contribution in [0.25, 0.3) is 0 Å². The molecular weight excluding hydrogens is 499 g/mol. The molecule has 206 valence electrons. The minimum atomic E-state index is -4.45. The van der Waals surface area contributed by atoms with Crippen LogP contribution in [0.5, 0.6) is 0 Å². The molecule has 1 aliphatic rings. The smallest absolute Gasteiger partial charge is 0.309 e. The Morgan fingerprint density at radius 3 is 2.49 bits per heavy atom. The Labute approximate surface area is 228 Å². The molecule has 1 unspecified atom stereocenters. The van der Waals surface area contributed by atoms with Gasteiger partial charge < -0.3 is 15.7 Å². The summed E-state index contributed by atoms with van der Waals surface area (Å²) in [6.07, 6.45) is -1.31. The van der Waals surface area contributed by atoms with Crippen molar-refractivity contribution in [3.63, 3.8) is 0 Å². The molecule has 1 atom stereocenters. The van der Waals surface area contributed by atoms with Crippen molar-refractivity contribution in [1.82, 2.24) is 15.8 Å². The summed E-state index contributed by atoms with van der Waals surface area (Å²) in [7, 11) is 3.90. The largest absolute Gasteiger partial charge is 0.416 e. The van der Waals surface area contributed by atoms with Crippen molar-refractivity contribution in [1.29, 1.82) is 5.41 Å². The maximum absolute atomic E-state index is 13.7. The van der Waals surface area contributed by atoms with E-state index in [-0.39, 0.29) is 11.7 Å². The molecule has 1 heterocycles. The summed E-state index contributed by atoms with van der Waals surface area (Å²) in [5.74, 6) is 0.473. The number of alkyl halides is 3. The van der Waals surface area contributed by atoms with Gasteiger partial charge in [0.15, 0.2) is 0 Å². The highest BCUT2D eigenvalue weighted by atomic mass is 19.4. The second kappa shape index (κ2) is 12.1. The number of benzene rings is 3. The SMILES string of the molecule is CCCc1cc(C2NNC(=Nc3cc(CCCN(C)C)cc(C(F)(F)F)c3)c3ccccc32)ccc1C(C)=N. The average Bonchev–Trinajstić information content (AvgIpc) is 2.88. The molecule has 4 rings (SSSR count). The summed E-state index contributed by atoms with van der Waals surface area (Å²) in [6, 6.07) is 17.9. The fourth-order valence-corrected chi connectivity index (χ4v) is 5.01. The van der Waals surface area contributed by atoms with Crippen LogP contribution in [-0.2, 0) is 19.0 Å². The molecule has 0 radical (unpaired) electrons. The lowest BCUT2D eigenvalue weighted by Gasteiger charge is -2.30. The van der Waals surface area contributed by atoms with E-state index >= 15 is 0 Å². The molecule has 0 saturated carbocycles. The van der Waals surface area contributed by atoms with Crippen molar-refractivity contribution in [3.05, 3.63) is 99.6 Å². The van der Waals surface area contributed by atoms with Gasteiger partial charge in [-0.05, 0) is 92.8 Å². The van der Waals surface area contributed by atoms with Gasteiger partial charge in [0.1, 0.15) is 5.84 Å². The summed E-state index contributed by atoms with van der Waals surface area (Å²) in [6.45, 7) is 4.71. The van der Waals surface area contributed by atoms with E-state index in [0.29, 0.717) is 23.5 Å². The fraction of sp³-hybridized carbons (Fsp3) is 0.355. The molecular formula is C31H36F3N5. The van der Waals surface area contributed by atoms with E-state index in [2.05, 4.69) is 28.8 Å². The maximum Gasteiger partial charge on any atom is 0.416 e. The van der Waals surface area contributed by atoms with Gasteiger partial charge in [0.05, 0.1) is 17.3 Å². The summed E-state index contributed by atoms with van der Waals surface area (Å²) < 4.78 is 41.2. The minimum absolute atomic E-state index is 0.182. The molecule has 0 aliphatic carbocycles. The number of hydrazine groups is 1. The Morgan fingerprint density at radius 1 is 1.03 bits per heavy atom. The highest BCUT2D eigenvalue weighted by Gasteiger charge is 2.31. The van der Waals surface area contributed by atoms with Crippen LogP contribution in [0.2, 0.25) is 0 Å². The number of aliphatic imine (C=N–C) groups is 1. The molecule has 0 aromatic heterocycles. The molecule has 8 heteroatoms. The first kappa shape index (κ1) is 28.5. The summed E-state index contributed by atoms with van der Waals surface area (Å²) in [5.41, 5.74) is 12.2. The van der Waals surface area contributed by atoms with Crippen LogP contribution in [0.4, 0.5) is 18.9 Å². The van der Waals surface area contributed by atoms with Crippen molar-refractivity contribution < 1.29 is 13.2 Å². The van der Waals surface area contributed by atoms with E-state index in [0.717, 1.165) is 59.7 Å². The van der Waals surface area contributed by atoms with Crippen LogP contribution < -0.4 is 10.9 Å². The third-order valence-corrected chi connectivity index (χ3v) is 6.86. The fourth-order valence-electron chi connectivity index (χ4n) is 5.01. The van der Waals surface area contributed by atoms with E-state index in [1.165, 1.54) is 6.07 Å². The average molecular weight is 536 g/mol. The number of hydrogen-bond acceptors (Lipinski definition) is 4. The van der Waals surface area contributed by atoms with Crippen LogP contribution in [0.1, 0.15) is 71.7 Å². The predicted molar refractivity (Wildman–Crippen MR) is 152 cm³/mol. The zero-order chi connectivity index (χ0) is 28.2. The molecule has 0 saturated heterocycles. The molecule has 0 spiro atoms. The molecule has 39 heavy (non-hydrogen) atoms. The maximum atomic E-state index is 13.7. The molecule has 0 fully saturated rings. The van der Waals surface area contributed by atoms with Crippen LogP contribution in [0.3, 0.4) is 0 Å². The van der Waals surface area contributed by atoms with Gasteiger partial charge in [-0.15, -0.1) is 0 Å². The second-order valence-electron chi connectivity index (χ2n) is 10.3. The first-order valence-corrected chi connectivity index (χ1v) is 13.3. The van der Waals surface area contributed by atoms with Crippen LogP contribution in [0.15, 0.2) is 65.7 Å². The zero-order valence-corrected chi connectivity index (χ0v) is 22.9. The van der Waals surface area contributed by atoms with Crippen LogP contribution in [0, 0.1) is 5.41 Å². The standard InChI is InChI=1S/C31H36F3N5/c1-5-9-22-18-23(13-14-26(22)20(2)35)29-27-11-6-7-12-28(27)30(38-37-29)36-25-17-21(10-8-15-39(3)4)16-24(19-25)31(32,33)34/h6-7,11-14,16-19,29,35,37H,5,8-10,15H2,1-4H3,(H,36,38). The number of fused-ring (bicyclic) bond motifs is 1. The van der Waals surface area contributed by atoms with Crippen molar-refractivity contribution >= 4 is 17.2 Å². The Bertz CT molecular complexity index is 1360. The number of amidine groups is 1. The lowest BCUT2D eigenvalue weighted by atomic mass is 9.89. The van der Waals surface area contributed by atoms with E-state index in [9.17, 15) is 13.2 Å². The van der Waals surface area contributed by atoms with Crippen LogP contribution >= 0.6 is 0 Å². The summed E-state index contributed by atoms with van der Waals surface area (Å²) >= 11 is 0. The number of aryl methyl sites for hydroxylation is 2. The Hall–Kier alpha value is -3.49. The summed E-state index contributed by atoms with van der Waals surface area (Å²) in [4.78, 5) is 6.67. The molecule has 5 nitrogen and oxygen atoms in total. The normalized spacial score (nSPS) is 16.3. The van der Waals surface area contributed by atoms with Gasteiger partial charge in [0.2, 0.25) is 0 Å². The van der Waals surface area contributed by atoms with E-state index in [1.54, 1.807) is 13.0 Å². The topological polar surface area (TPSA) is 63.5 Å². The van der Waals surface area contributed by atoms with Gasteiger partial charge in [-0.3, -0.25) is 0 Å². The first-order valence-electron chi connectivity index (χ1n) is 13.3. The Morgan fingerprint density at radius 2 is 1.79 bits per heavy atom. The van der Waals surface area contributed by atoms with E-state index < -0.39 is 11.7 Å². The highest BCUT2D eigenvalue weighted by Crippen LogP contribution is 2.34. The lowest BCUT2D eigenvalue weighted by molar-refractivity contribution is -0.137. The number of nitrogens with zero attached hydrogens (tertiary/aromatic N) is 2. The van der Waals surface area contributed by atoms with Crippen molar-refractivity contribution in [3.8, 4) is 0 Å². The lowest BCUT2D eigenvalue weighted by Crippen LogP contribution is -2.46. The Balaban J connectivity index is 1.71. The van der Waals surface area contributed by atoms with Gasteiger partial charge in [0.25, 0.3) is 0 Å². The quantitative estimate of drug-likeness (QED) is 0.264. The molecule has 3 aromatic rings. The molecule has 0 bridgehead atoms. The molecule has 1 aliphatic heterocycles. The first-order chi connectivity index (χ1) is 18.6. The number of hydrogen-bond donors (Lipinski definition) is 3. The predicted octanol–water partition coefficient (Wildman–Crippen LogP) is 6.82. The minimum Gasteiger partial charge on any atom is -0.309 e. The summed E-state index contributed by atoms with van der Waals surface area (Å²) in [5, 5.41) is 8.13. The second-order valence-corrected chi connectivity index (χ2v) is 10.3. The number of rotatable bonds is 9. The van der Waals surface area contributed by atoms with E-state index in [1.807, 2.05) is 55.4 Å². The zero-order valence-electron chi connectivity index (χ0n) is 22.9. The Kier molecular flexibility index (Phi) is 8.87. The van der Waals surface area contributed by atoms with Crippen molar-refractivity contribution in [2.75, 3.05) is 20.6 Å². The van der Waals surface area contributed by atoms with Gasteiger partial charge >= 0.3 is 6.18 Å². The van der Waals surface area contributed by atoms with Gasteiger partial charge in [0, 0.05) is 11.3 Å². The monoisotopic (exact) mass is 535 g/mol. The number of nitrogens with one attached hydrogen (secondary N) is 3. The van der Waals surface area contributed by atoms with Crippen molar-refractivity contribution in [2.45, 2.75) is 51.7 Å². The number of halogens is 3. The van der Waals surface area contributed by atoms with Gasteiger partial charge in [-0.2, -0.15) is 13.2 Å². The van der Waals surface area contributed by atoms with Crippen LogP contribution in [-0.4, -0.2) is 37.1 Å². The highest BCUT2D eigenvalue weighted by molar-refractivity contribution is 6.02. The molecule has 0 amide bonds. The van der Waals surface area contributed by atoms with Gasteiger partial charge in [-0.1, -0.05) is 55.8 Å².